The van der Waals surface area contributed by atoms with Crippen molar-refractivity contribution in [1.29, 1.82) is 0 Å². The number of ether oxygens (including phenoxy) is 2. The van der Waals surface area contributed by atoms with E-state index in [1.54, 1.807) is 10.9 Å². The van der Waals surface area contributed by atoms with Crippen LogP contribution < -0.4 is 5.32 Å². The fraction of sp³-hybridized carbons (Fsp3) is 0.429. The predicted molar refractivity (Wildman–Crippen MR) is 144 cm³/mol. The van der Waals surface area contributed by atoms with Gasteiger partial charge >= 0.3 is 5.97 Å². The quantitative estimate of drug-likeness (QED) is 0.148. The largest absolute Gasteiger partial charge is 0.477 e. The van der Waals surface area contributed by atoms with Gasteiger partial charge in [-0.1, -0.05) is 59.8 Å². The molecule has 0 radical (unpaired) electrons. The number of aryl methyl sites for hydroxylation is 1. The first-order valence-electron chi connectivity index (χ1n) is 13.3. The van der Waals surface area contributed by atoms with Crippen LogP contribution in [0.5, 0.6) is 0 Å². The van der Waals surface area contributed by atoms with E-state index in [1.165, 1.54) is 0 Å². The number of aliphatic hydroxyl groups excluding tert-OH is 4. The number of aliphatic carboxylic acids is 1. The Kier molecular flexibility index (Phi) is 10.3. The third-order valence-electron chi connectivity index (χ3n) is 6.96. The third kappa shape index (κ3) is 7.15. The molecule has 0 aliphatic carbocycles. The van der Waals surface area contributed by atoms with E-state index in [-0.39, 0.29) is 19.6 Å². The highest BCUT2D eigenvalue weighted by atomic mass is 19.1. The van der Waals surface area contributed by atoms with E-state index in [2.05, 4.69) is 15.6 Å². The number of carboxylic acids is 1. The summed E-state index contributed by atoms with van der Waals surface area (Å²) in [6, 6.07) is 16.3. The monoisotopic (exact) mass is 588 g/mol. The SMILES string of the molecule is O=C(CF)N[C@H]1[C@H]([C@H](O)[C@H](O)CO)O[C@@](OCCCn2cc(-c3ccc(-c4ccccc4)cc3)nn2)(C(=O)O)C[C@@H]1O. The number of benzene rings is 2. The van der Waals surface area contributed by atoms with Gasteiger partial charge in [0.05, 0.1) is 31.6 Å². The Morgan fingerprint density at radius 2 is 1.79 bits per heavy atom. The van der Waals surface area contributed by atoms with E-state index in [1.807, 2.05) is 54.6 Å². The Morgan fingerprint density at radius 1 is 1.12 bits per heavy atom. The Balaban J connectivity index is 1.38. The average molecular weight is 589 g/mol. The number of nitrogens with zero attached hydrogens (tertiary/aromatic N) is 3. The number of hydrogen-bond acceptors (Lipinski definition) is 10. The number of amides is 1. The molecule has 6 N–H and O–H groups in total. The molecule has 0 saturated carbocycles. The zero-order chi connectivity index (χ0) is 30.3. The van der Waals surface area contributed by atoms with Crippen molar-refractivity contribution in [1.82, 2.24) is 20.3 Å². The van der Waals surface area contributed by atoms with Gasteiger partial charge in [0.1, 0.15) is 24.0 Å². The van der Waals surface area contributed by atoms with Gasteiger partial charge in [-0.15, -0.1) is 5.10 Å². The number of alkyl halides is 1. The lowest BCUT2D eigenvalue weighted by Crippen LogP contribution is -2.68. The molecule has 1 aromatic heterocycles. The molecule has 13 nitrogen and oxygen atoms in total. The molecule has 14 heteroatoms. The topological polar surface area (TPSA) is 196 Å². The average Bonchev–Trinajstić information content (AvgIpc) is 3.49. The van der Waals surface area contributed by atoms with Crippen molar-refractivity contribution in [2.45, 2.75) is 55.6 Å². The van der Waals surface area contributed by atoms with E-state index in [4.69, 9.17) is 9.47 Å². The highest BCUT2D eigenvalue weighted by Gasteiger charge is 2.55. The molecule has 0 spiro atoms. The van der Waals surface area contributed by atoms with Crippen molar-refractivity contribution >= 4 is 11.9 Å². The molecule has 2 heterocycles. The lowest BCUT2D eigenvalue weighted by atomic mass is 9.88. The molecule has 2 aromatic carbocycles. The summed E-state index contributed by atoms with van der Waals surface area (Å²) in [6.45, 7) is -2.28. The van der Waals surface area contributed by atoms with Crippen LogP contribution in [0.15, 0.2) is 60.8 Å². The fourth-order valence-electron chi connectivity index (χ4n) is 4.73. The molecule has 226 valence electrons. The number of hydrogen-bond donors (Lipinski definition) is 6. The van der Waals surface area contributed by atoms with Gasteiger partial charge in [-0.25, -0.2) is 9.18 Å². The number of aromatic nitrogens is 3. The van der Waals surface area contributed by atoms with Crippen LogP contribution in [0, 0.1) is 0 Å². The molecule has 1 saturated heterocycles. The minimum absolute atomic E-state index is 0.188. The molecule has 1 aliphatic rings. The van der Waals surface area contributed by atoms with Crippen molar-refractivity contribution < 1.29 is 49.0 Å². The molecule has 42 heavy (non-hydrogen) atoms. The highest BCUT2D eigenvalue weighted by Crippen LogP contribution is 2.34. The van der Waals surface area contributed by atoms with Gasteiger partial charge in [-0.05, 0) is 17.5 Å². The maximum Gasteiger partial charge on any atom is 0.364 e. The Labute approximate surface area is 240 Å². The van der Waals surface area contributed by atoms with Crippen molar-refractivity contribution in [2.24, 2.45) is 0 Å². The second-order valence-electron chi connectivity index (χ2n) is 9.89. The molecule has 3 aromatic rings. The van der Waals surface area contributed by atoms with E-state index >= 15 is 0 Å². The molecule has 6 atom stereocenters. The first-order valence-corrected chi connectivity index (χ1v) is 13.3. The normalized spacial score (nSPS) is 23.7. The summed E-state index contributed by atoms with van der Waals surface area (Å²) in [5.41, 5.74) is 3.64. The molecular formula is C28H33FN4O9. The number of halogens is 1. The van der Waals surface area contributed by atoms with Crippen LogP contribution in [0.25, 0.3) is 22.4 Å². The smallest absolute Gasteiger partial charge is 0.364 e. The molecular weight excluding hydrogens is 555 g/mol. The van der Waals surface area contributed by atoms with Crippen molar-refractivity contribution in [3.8, 4) is 22.4 Å². The van der Waals surface area contributed by atoms with Crippen LogP contribution in [0.4, 0.5) is 4.39 Å². The van der Waals surface area contributed by atoms with Crippen LogP contribution in [-0.2, 0) is 25.6 Å². The van der Waals surface area contributed by atoms with Crippen LogP contribution >= 0.6 is 0 Å². The van der Waals surface area contributed by atoms with E-state index < -0.39 is 67.8 Å². The van der Waals surface area contributed by atoms with Crippen molar-refractivity contribution in [3.63, 3.8) is 0 Å². The van der Waals surface area contributed by atoms with Crippen LogP contribution in [0.2, 0.25) is 0 Å². The van der Waals surface area contributed by atoms with Gasteiger partial charge in [-0.2, -0.15) is 0 Å². The summed E-state index contributed by atoms with van der Waals surface area (Å²) in [5.74, 6) is -5.25. The second-order valence-corrected chi connectivity index (χ2v) is 9.89. The second kappa shape index (κ2) is 13.9. The van der Waals surface area contributed by atoms with Gasteiger partial charge in [-0.3, -0.25) is 9.48 Å². The lowest BCUT2D eigenvalue weighted by Gasteiger charge is -2.46. The van der Waals surface area contributed by atoms with Crippen LogP contribution in [-0.4, -0.2) is 109 Å². The minimum Gasteiger partial charge on any atom is -0.477 e. The van der Waals surface area contributed by atoms with Gasteiger partial charge in [0.2, 0.25) is 0 Å². The van der Waals surface area contributed by atoms with Crippen molar-refractivity contribution in [2.75, 3.05) is 19.9 Å². The summed E-state index contributed by atoms with van der Waals surface area (Å²) >= 11 is 0. The molecule has 4 rings (SSSR count). The van der Waals surface area contributed by atoms with Crippen molar-refractivity contribution in [3.05, 3.63) is 60.8 Å². The summed E-state index contributed by atoms with van der Waals surface area (Å²) in [5, 5.41) is 60.6. The Morgan fingerprint density at radius 3 is 2.43 bits per heavy atom. The molecule has 0 bridgehead atoms. The van der Waals surface area contributed by atoms with E-state index in [0.717, 1.165) is 16.7 Å². The summed E-state index contributed by atoms with van der Waals surface area (Å²) < 4.78 is 25.5. The molecule has 0 unspecified atom stereocenters. The number of aliphatic hydroxyl groups is 4. The fourth-order valence-corrected chi connectivity index (χ4v) is 4.73. The standard InChI is InChI=1S/C28H33FN4O9/c29-14-23(37)30-24-21(35)13-28(27(39)40,42-26(24)25(38)22(36)16-34)41-12-4-11-33-15-20(31-32-33)19-9-7-18(8-10-19)17-5-2-1-3-6-17/h1-3,5-10,15,21-22,24-26,34-36,38H,4,11-14,16H2,(H,30,37)(H,39,40)/t21-,22+,24+,25+,26+,28+/m0/s1. The maximum atomic E-state index is 12.8. The lowest BCUT2D eigenvalue weighted by molar-refractivity contribution is -0.311. The third-order valence-corrected chi connectivity index (χ3v) is 6.96. The van der Waals surface area contributed by atoms with E-state index in [0.29, 0.717) is 5.69 Å². The van der Waals surface area contributed by atoms with Crippen LogP contribution in [0.1, 0.15) is 12.8 Å². The number of carbonyl (C=O) groups is 2. The summed E-state index contributed by atoms with van der Waals surface area (Å²) in [7, 11) is 0. The van der Waals surface area contributed by atoms with Crippen LogP contribution in [0.3, 0.4) is 0 Å². The zero-order valence-corrected chi connectivity index (χ0v) is 22.5. The number of carboxylic acid groups (broad SMARTS) is 1. The van der Waals surface area contributed by atoms with Gasteiger partial charge in [0.15, 0.2) is 6.67 Å². The summed E-state index contributed by atoms with van der Waals surface area (Å²) in [4.78, 5) is 23.9. The van der Waals surface area contributed by atoms with Gasteiger partial charge in [0, 0.05) is 18.5 Å². The summed E-state index contributed by atoms with van der Waals surface area (Å²) in [6.07, 6.45) is -5.88. The molecule has 1 amide bonds. The minimum atomic E-state index is -2.47. The van der Waals surface area contributed by atoms with Gasteiger partial charge < -0.3 is 40.3 Å². The zero-order valence-electron chi connectivity index (χ0n) is 22.5. The maximum absolute atomic E-state index is 12.8. The molecule has 1 fully saturated rings. The Bertz CT molecular complexity index is 1330. The Hall–Kier alpha value is -3.79. The first-order chi connectivity index (χ1) is 20.2. The molecule has 1 aliphatic heterocycles. The van der Waals surface area contributed by atoms with Gasteiger partial charge in [0.25, 0.3) is 11.7 Å². The first kappa shape index (κ1) is 31.2. The number of carbonyl (C=O) groups excluding carboxylic acids is 1. The predicted octanol–water partition coefficient (Wildman–Crippen LogP) is 0.118. The number of nitrogens with one attached hydrogen (secondary N) is 1. The number of rotatable bonds is 13. The van der Waals surface area contributed by atoms with E-state index in [9.17, 15) is 39.5 Å². The highest BCUT2D eigenvalue weighted by molar-refractivity contribution is 5.78.